The quantitative estimate of drug-likeness (QED) is 0.468. The molecule has 1 heterocycles. The molecule has 2 bridgehead atoms. The van der Waals surface area contributed by atoms with Crippen LogP contribution in [0.15, 0.2) is 17.1 Å². The zero-order chi connectivity index (χ0) is 13.2. The average Bonchev–Trinajstić information content (AvgIpc) is 2.46. The van der Waals surface area contributed by atoms with Crippen molar-refractivity contribution >= 4 is 5.96 Å². The van der Waals surface area contributed by atoms with Crippen LogP contribution in [0.25, 0.3) is 0 Å². The number of nitrogens with zero attached hydrogens (tertiary/aromatic N) is 2. The first-order valence-electron chi connectivity index (χ1n) is 7.57. The Bertz CT molecular complexity index is 380. The lowest BCUT2D eigenvalue weighted by molar-refractivity contribution is 0.00524. The highest BCUT2D eigenvalue weighted by molar-refractivity contribution is 5.78. The summed E-state index contributed by atoms with van der Waals surface area (Å²) in [5.74, 6) is 2.96. The lowest BCUT2D eigenvalue weighted by Gasteiger charge is -2.37. The van der Waals surface area contributed by atoms with Crippen molar-refractivity contribution in [2.24, 2.45) is 28.5 Å². The van der Waals surface area contributed by atoms with Crippen LogP contribution in [-0.4, -0.2) is 43.2 Å². The first-order valence-corrected chi connectivity index (χ1v) is 7.57. The molecule has 3 aliphatic carbocycles. The SMILES string of the molecule is CC1CN(C(N)=NCC2CC3C=CC2CC3)CCO1. The van der Waals surface area contributed by atoms with Crippen LogP contribution in [0.3, 0.4) is 0 Å². The van der Waals surface area contributed by atoms with Crippen molar-refractivity contribution in [3.63, 3.8) is 0 Å². The molecule has 2 fully saturated rings. The Morgan fingerprint density at radius 1 is 1.42 bits per heavy atom. The van der Waals surface area contributed by atoms with Crippen LogP contribution in [0.5, 0.6) is 0 Å². The Balaban J connectivity index is 1.55. The van der Waals surface area contributed by atoms with Gasteiger partial charge in [-0.1, -0.05) is 12.2 Å². The summed E-state index contributed by atoms with van der Waals surface area (Å²) in [5.41, 5.74) is 6.13. The van der Waals surface area contributed by atoms with E-state index in [0.29, 0.717) is 11.9 Å². The molecule has 19 heavy (non-hydrogen) atoms. The average molecular weight is 263 g/mol. The Morgan fingerprint density at radius 2 is 2.32 bits per heavy atom. The second-order valence-corrected chi connectivity index (χ2v) is 6.21. The van der Waals surface area contributed by atoms with Crippen molar-refractivity contribution in [3.8, 4) is 0 Å². The number of guanidine groups is 1. The third-order valence-corrected chi connectivity index (χ3v) is 4.77. The number of morpholine rings is 1. The topological polar surface area (TPSA) is 50.8 Å². The molecule has 1 saturated carbocycles. The van der Waals surface area contributed by atoms with E-state index >= 15 is 0 Å². The monoisotopic (exact) mass is 263 g/mol. The molecule has 0 aromatic carbocycles. The number of hydrogen-bond acceptors (Lipinski definition) is 2. The van der Waals surface area contributed by atoms with Crippen LogP contribution in [0.1, 0.15) is 26.2 Å². The number of nitrogens with two attached hydrogens (primary N) is 1. The van der Waals surface area contributed by atoms with Crippen molar-refractivity contribution in [1.82, 2.24) is 4.90 Å². The summed E-state index contributed by atoms with van der Waals surface area (Å²) in [4.78, 5) is 6.81. The van der Waals surface area contributed by atoms with E-state index in [-0.39, 0.29) is 6.10 Å². The lowest BCUT2D eigenvalue weighted by Crippen LogP contribution is -2.48. The van der Waals surface area contributed by atoms with Crippen molar-refractivity contribution in [2.75, 3.05) is 26.2 Å². The van der Waals surface area contributed by atoms with Gasteiger partial charge in [-0.05, 0) is 43.9 Å². The minimum Gasteiger partial charge on any atom is -0.375 e. The predicted molar refractivity (Wildman–Crippen MR) is 76.9 cm³/mol. The van der Waals surface area contributed by atoms with E-state index in [2.05, 4.69) is 29.0 Å². The van der Waals surface area contributed by atoms with Crippen LogP contribution in [0.4, 0.5) is 0 Å². The molecule has 106 valence electrons. The van der Waals surface area contributed by atoms with Crippen LogP contribution < -0.4 is 5.73 Å². The van der Waals surface area contributed by atoms with Crippen LogP contribution in [-0.2, 0) is 4.74 Å². The van der Waals surface area contributed by atoms with E-state index in [9.17, 15) is 0 Å². The Morgan fingerprint density at radius 3 is 2.95 bits per heavy atom. The maximum Gasteiger partial charge on any atom is 0.191 e. The Labute approximate surface area is 115 Å². The molecule has 0 amide bonds. The van der Waals surface area contributed by atoms with Crippen LogP contribution in [0, 0.1) is 17.8 Å². The fraction of sp³-hybridized carbons (Fsp3) is 0.800. The highest BCUT2D eigenvalue weighted by Gasteiger charge is 2.31. The van der Waals surface area contributed by atoms with Gasteiger partial charge in [0, 0.05) is 19.6 Å². The molecule has 4 unspecified atom stereocenters. The smallest absolute Gasteiger partial charge is 0.191 e. The number of ether oxygens (including phenoxy) is 1. The molecule has 4 nitrogen and oxygen atoms in total. The van der Waals surface area contributed by atoms with Crippen molar-refractivity contribution in [2.45, 2.75) is 32.3 Å². The van der Waals surface area contributed by atoms with Crippen molar-refractivity contribution in [3.05, 3.63) is 12.2 Å². The molecule has 4 aliphatic rings. The largest absolute Gasteiger partial charge is 0.375 e. The number of allylic oxidation sites excluding steroid dienone is 2. The molecule has 0 aromatic heterocycles. The zero-order valence-corrected chi connectivity index (χ0v) is 11.8. The van der Waals surface area contributed by atoms with Gasteiger partial charge >= 0.3 is 0 Å². The van der Waals surface area contributed by atoms with E-state index in [1.54, 1.807) is 0 Å². The summed E-state index contributed by atoms with van der Waals surface area (Å²) in [6, 6.07) is 0. The molecule has 4 atom stereocenters. The summed E-state index contributed by atoms with van der Waals surface area (Å²) in [6.45, 7) is 5.48. The first-order chi connectivity index (χ1) is 9.22. The molecule has 0 radical (unpaired) electrons. The second kappa shape index (κ2) is 5.53. The maximum atomic E-state index is 6.13. The van der Waals surface area contributed by atoms with Gasteiger partial charge in [0.05, 0.1) is 12.7 Å². The molecule has 0 spiro atoms. The standard InChI is InChI=1S/C15H25N3O/c1-11-10-18(6-7-19-11)15(16)17-9-14-8-12-2-4-13(14)5-3-12/h2,4,11-14H,3,5-10H2,1H3,(H2,16,17). The molecular weight excluding hydrogens is 238 g/mol. The van der Waals surface area contributed by atoms with E-state index in [4.69, 9.17) is 10.5 Å². The summed E-state index contributed by atoms with van der Waals surface area (Å²) in [7, 11) is 0. The molecule has 2 N–H and O–H groups in total. The number of fused-ring (bicyclic) bond motifs is 2. The summed E-state index contributed by atoms with van der Waals surface area (Å²) >= 11 is 0. The fourth-order valence-corrected chi connectivity index (χ4v) is 3.60. The van der Waals surface area contributed by atoms with Gasteiger partial charge < -0.3 is 15.4 Å². The first kappa shape index (κ1) is 13.0. The molecule has 4 heteroatoms. The van der Waals surface area contributed by atoms with Gasteiger partial charge in [-0.3, -0.25) is 4.99 Å². The third-order valence-electron chi connectivity index (χ3n) is 4.77. The minimum atomic E-state index is 0.260. The van der Waals surface area contributed by atoms with E-state index in [0.717, 1.165) is 38.1 Å². The van der Waals surface area contributed by atoms with Crippen molar-refractivity contribution < 1.29 is 4.74 Å². The molecule has 1 aliphatic heterocycles. The van der Waals surface area contributed by atoms with Gasteiger partial charge in [-0.15, -0.1) is 0 Å². The van der Waals surface area contributed by atoms with E-state index < -0.39 is 0 Å². The van der Waals surface area contributed by atoms with Gasteiger partial charge in [0.1, 0.15) is 0 Å². The molecular formula is C15H25N3O. The summed E-state index contributed by atoms with van der Waals surface area (Å²) < 4.78 is 5.53. The predicted octanol–water partition coefficient (Wildman–Crippen LogP) is 1.62. The lowest BCUT2D eigenvalue weighted by atomic mass is 9.69. The van der Waals surface area contributed by atoms with Gasteiger partial charge in [0.2, 0.25) is 0 Å². The van der Waals surface area contributed by atoms with Gasteiger partial charge in [-0.2, -0.15) is 0 Å². The molecule has 0 aromatic rings. The maximum absolute atomic E-state index is 6.13. The van der Waals surface area contributed by atoms with Gasteiger partial charge in [0.15, 0.2) is 5.96 Å². The minimum absolute atomic E-state index is 0.260. The summed E-state index contributed by atoms with van der Waals surface area (Å²) in [6.07, 6.45) is 9.09. The normalized spacial score (nSPS) is 38.8. The van der Waals surface area contributed by atoms with Crippen molar-refractivity contribution in [1.29, 1.82) is 0 Å². The number of hydrogen-bond donors (Lipinski definition) is 1. The van der Waals surface area contributed by atoms with E-state index in [1.165, 1.54) is 19.3 Å². The Kier molecular flexibility index (Phi) is 3.78. The third kappa shape index (κ3) is 2.94. The summed E-state index contributed by atoms with van der Waals surface area (Å²) in [5, 5.41) is 0. The van der Waals surface area contributed by atoms with Gasteiger partial charge in [-0.25, -0.2) is 0 Å². The number of rotatable bonds is 2. The highest BCUT2D eigenvalue weighted by atomic mass is 16.5. The van der Waals surface area contributed by atoms with Crippen LogP contribution >= 0.6 is 0 Å². The van der Waals surface area contributed by atoms with Crippen LogP contribution in [0.2, 0.25) is 0 Å². The van der Waals surface area contributed by atoms with Gasteiger partial charge in [0.25, 0.3) is 0 Å². The fourth-order valence-electron chi connectivity index (χ4n) is 3.60. The molecule has 4 rings (SSSR count). The highest BCUT2D eigenvalue weighted by Crippen LogP contribution is 2.40. The number of aliphatic imine (C=N–C) groups is 1. The Hall–Kier alpha value is -1.03. The second-order valence-electron chi connectivity index (χ2n) is 6.21. The molecule has 1 saturated heterocycles. The zero-order valence-electron chi connectivity index (χ0n) is 11.8. The van der Waals surface area contributed by atoms with E-state index in [1.807, 2.05) is 0 Å².